The number of hydrogen-bond acceptors (Lipinski definition) is 5. The number of aromatic nitrogens is 2. The van der Waals surface area contributed by atoms with Crippen molar-refractivity contribution in [2.45, 2.75) is 13.5 Å². The second kappa shape index (κ2) is 7.70. The number of nitrogens with one attached hydrogen (secondary N) is 1. The molecule has 28 heavy (non-hydrogen) atoms. The third kappa shape index (κ3) is 3.68. The summed E-state index contributed by atoms with van der Waals surface area (Å²) in [6.45, 7) is 2.32. The SMILES string of the molecule is Cc1cccn2c(=O)c(C=Nc3cccc(Cl)c3)c(NCc3ccco3)nc12. The Morgan fingerprint density at radius 1 is 1.25 bits per heavy atom. The Morgan fingerprint density at radius 2 is 2.14 bits per heavy atom. The van der Waals surface area contributed by atoms with E-state index in [1.165, 1.54) is 10.6 Å². The minimum atomic E-state index is -0.207. The van der Waals surface area contributed by atoms with Crippen LogP contribution in [0.2, 0.25) is 5.02 Å². The molecule has 3 heterocycles. The molecule has 7 heteroatoms. The molecule has 0 bridgehead atoms. The first-order chi connectivity index (χ1) is 13.6. The fraction of sp³-hybridized carbons (Fsp3) is 0.0952. The average molecular weight is 393 g/mol. The van der Waals surface area contributed by atoms with Crippen LogP contribution in [-0.2, 0) is 6.54 Å². The highest BCUT2D eigenvalue weighted by molar-refractivity contribution is 6.30. The number of furan rings is 1. The fourth-order valence-corrected chi connectivity index (χ4v) is 3.03. The fourth-order valence-electron chi connectivity index (χ4n) is 2.84. The topological polar surface area (TPSA) is 71.9 Å². The van der Waals surface area contributed by atoms with E-state index in [1.54, 1.807) is 30.7 Å². The first-order valence-corrected chi connectivity index (χ1v) is 9.07. The maximum atomic E-state index is 13.1. The highest BCUT2D eigenvalue weighted by Gasteiger charge is 2.13. The first kappa shape index (κ1) is 18.0. The molecule has 0 spiro atoms. The van der Waals surface area contributed by atoms with E-state index in [1.807, 2.05) is 37.3 Å². The Kier molecular flexibility index (Phi) is 4.95. The Morgan fingerprint density at radius 3 is 2.93 bits per heavy atom. The highest BCUT2D eigenvalue weighted by Crippen LogP contribution is 2.19. The van der Waals surface area contributed by atoms with E-state index in [-0.39, 0.29) is 5.56 Å². The third-order valence-corrected chi connectivity index (χ3v) is 4.48. The van der Waals surface area contributed by atoms with Gasteiger partial charge in [-0.2, -0.15) is 0 Å². The van der Waals surface area contributed by atoms with Gasteiger partial charge in [-0.3, -0.25) is 14.2 Å². The van der Waals surface area contributed by atoms with Crippen LogP contribution in [0.4, 0.5) is 11.5 Å². The molecule has 3 aromatic heterocycles. The Bertz CT molecular complexity index is 1210. The third-order valence-electron chi connectivity index (χ3n) is 4.25. The van der Waals surface area contributed by atoms with Crippen molar-refractivity contribution >= 4 is 35.0 Å². The quantitative estimate of drug-likeness (QED) is 0.503. The van der Waals surface area contributed by atoms with Gasteiger partial charge >= 0.3 is 0 Å². The van der Waals surface area contributed by atoms with Gasteiger partial charge in [-0.15, -0.1) is 0 Å². The zero-order valence-electron chi connectivity index (χ0n) is 15.1. The van der Waals surface area contributed by atoms with Crippen LogP contribution in [0.5, 0.6) is 0 Å². The lowest BCUT2D eigenvalue weighted by Gasteiger charge is -2.11. The van der Waals surface area contributed by atoms with Crippen molar-refractivity contribution in [3.05, 3.63) is 93.3 Å². The van der Waals surface area contributed by atoms with Gasteiger partial charge in [0.25, 0.3) is 5.56 Å². The average Bonchev–Trinajstić information content (AvgIpc) is 3.20. The van der Waals surface area contributed by atoms with Gasteiger partial charge in [0, 0.05) is 17.4 Å². The van der Waals surface area contributed by atoms with Crippen molar-refractivity contribution in [1.82, 2.24) is 9.38 Å². The number of pyridine rings is 1. The van der Waals surface area contributed by atoms with Crippen LogP contribution >= 0.6 is 11.6 Å². The summed E-state index contributed by atoms with van der Waals surface area (Å²) < 4.78 is 6.88. The monoisotopic (exact) mass is 392 g/mol. The van der Waals surface area contributed by atoms with E-state index >= 15 is 0 Å². The van der Waals surface area contributed by atoms with Crippen molar-refractivity contribution in [3.8, 4) is 0 Å². The van der Waals surface area contributed by atoms with E-state index in [9.17, 15) is 4.79 Å². The lowest BCUT2D eigenvalue weighted by atomic mass is 10.2. The number of fused-ring (bicyclic) bond motifs is 1. The van der Waals surface area contributed by atoms with Crippen LogP contribution in [0.1, 0.15) is 16.9 Å². The molecule has 0 aliphatic rings. The van der Waals surface area contributed by atoms with Crippen LogP contribution < -0.4 is 10.9 Å². The number of hydrogen-bond donors (Lipinski definition) is 1. The minimum Gasteiger partial charge on any atom is -0.467 e. The van der Waals surface area contributed by atoms with E-state index in [0.29, 0.717) is 34.3 Å². The normalized spacial score (nSPS) is 11.4. The van der Waals surface area contributed by atoms with Crippen molar-refractivity contribution < 1.29 is 4.42 Å². The van der Waals surface area contributed by atoms with Gasteiger partial charge in [0.2, 0.25) is 0 Å². The van der Waals surface area contributed by atoms with Gasteiger partial charge in [0.15, 0.2) is 0 Å². The molecule has 0 atom stereocenters. The molecule has 0 unspecified atom stereocenters. The van der Waals surface area contributed by atoms with E-state index in [2.05, 4.69) is 15.3 Å². The second-order valence-electron chi connectivity index (χ2n) is 6.24. The molecule has 0 fully saturated rings. The predicted molar refractivity (Wildman–Crippen MR) is 111 cm³/mol. The lowest BCUT2D eigenvalue weighted by Crippen LogP contribution is -2.22. The van der Waals surface area contributed by atoms with Gasteiger partial charge in [-0.25, -0.2) is 4.98 Å². The molecule has 0 aliphatic heterocycles. The van der Waals surface area contributed by atoms with Gasteiger partial charge in [-0.05, 0) is 48.9 Å². The summed E-state index contributed by atoms with van der Waals surface area (Å²) in [6.07, 6.45) is 4.82. The number of aliphatic imine (C=N–C) groups is 1. The largest absolute Gasteiger partial charge is 0.467 e. The number of anilines is 1. The van der Waals surface area contributed by atoms with Crippen LogP contribution in [0.3, 0.4) is 0 Å². The van der Waals surface area contributed by atoms with E-state index in [0.717, 1.165) is 11.3 Å². The van der Waals surface area contributed by atoms with Crippen molar-refractivity contribution in [2.75, 3.05) is 5.32 Å². The molecule has 0 amide bonds. The Balaban J connectivity index is 1.80. The predicted octanol–water partition coefficient (Wildman–Crippen LogP) is 4.61. The molecule has 0 saturated carbocycles. The molecular formula is C21H17ClN4O2. The second-order valence-corrected chi connectivity index (χ2v) is 6.67. The van der Waals surface area contributed by atoms with Gasteiger partial charge in [0.1, 0.15) is 22.8 Å². The number of rotatable bonds is 5. The smallest absolute Gasteiger partial charge is 0.268 e. The summed E-state index contributed by atoms with van der Waals surface area (Å²) in [5, 5.41) is 3.77. The number of nitrogens with zero attached hydrogens (tertiary/aromatic N) is 3. The number of aryl methyl sites for hydroxylation is 1. The molecule has 0 aliphatic carbocycles. The van der Waals surface area contributed by atoms with Crippen LogP contribution in [0, 0.1) is 6.92 Å². The van der Waals surface area contributed by atoms with Gasteiger partial charge in [0.05, 0.1) is 18.5 Å². The summed E-state index contributed by atoms with van der Waals surface area (Å²) in [6, 6.07) is 14.5. The Hall–Kier alpha value is -3.38. The molecule has 1 aromatic carbocycles. The summed E-state index contributed by atoms with van der Waals surface area (Å²) in [4.78, 5) is 22.2. The van der Waals surface area contributed by atoms with Crippen LogP contribution in [0.25, 0.3) is 5.65 Å². The van der Waals surface area contributed by atoms with Crippen molar-refractivity contribution in [3.63, 3.8) is 0 Å². The Labute approximate surface area is 166 Å². The molecule has 6 nitrogen and oxygen atoms in total. The molecule has 0 saturated heterocycles. The van der Waals surface area contributed by atoms with E-state index < -0.39 is 0 Å². The molecule has 0 radical (unpaired) electrons. The molecule has 4 rings (SSSR count). The zero-order valence-corrected chi connectivity index (χ0v) is 15.8. The molecule has 140 valence electrons. The molecule has 4 aromatic rings. The van der Waals surface area contributed by atoms with E-state index in [4.69, 9.17) is 16.0 Å². The van der Waals surface area contributed by atoms with Crippen LogP contribution in [0.15, 0.2) is 75.2 Å². The summed E-state index contributed by atoms with van der Waals surface area (Å²) in [5.74, 6) is 1.19. The maximum Gasteiger partial charge on any atom is 0.268 e. The summed E-state index contributed by atoms with van der Waals surface area (Å²) in [7, 11) is 0. The van der Waals surface area contributed by atoms with Crippen molar-refractivity contribution in [2.24, 2.45) is 4.99 Å². The first-order valence-electron chi connectivity index (χ1n) is 8.70. The zero-order chi connectivity index (χ0) is 19.5. The number of benzene rings is 1. The molecular weight excluding hydrogens is 376 g/mol. The maximum absolute atomic E-state index is 13.1. The molecule has 1 N–H and O–H groups in total. The minimum absolute atomic E-state index is 0.207. The highest BCUT2D eigenvalue weighted by atomic mass is 35.5. The van der Waals surface area contributed by atoms with Gasteiger partial charge < -0.3 is 9.73 Å². The summed E-state index contributed by atoms with van der Waals surface area (Å²) in [5.41, 5.74) is 2.29. The summed E-state index contributed by atoms with van der Waals surface area (Å²) >= 11 is 6.02. The standard InChI is InChI=1S/C21H17ClN4O2/c1-14-5-3-9-26-20(14)25-19(24-12-17-8-4-10-28-17)18(21(26)27)13-23-16-7-2-6-15(22)11-16/h2-11,13,24H,12H2,1H3. The lowest BCUT2D eigenvalue weighted by molar-refractivity contribution is 0.518. The van der Waals surface area contributed by atoms with Gasteiger partial charge in [-0.1, -0.05) is 23.7 Å². The van der Waals surface area contributed by atoms with Crippen LogP contribution in [-0.4, -0.2) is 15.6 Å². The number of halogens is 1. The van der Waals surface area contributed by atoms with Crippen molar-refractivity contribution in [1.29, 1.82) is 0 Å².